The zero-order valence-corrected chi connectivity index (χ0v) is 12.1. The molecule has 0 aliphatic rings. The lowest BCUT2D eigenvalue weighted by molar-refractivity contribution is 0.245. The zero-order chi connectivity index (χ0) is 13.8. The van der Waals surface area contributed by atoms with Gasteiger partial charge in [-0.05, 0) is 37.5 Å². The number of ether oxygens (including phenoxy) is 1. The molecule has 0 bridgehead atoms. The molecule has 5 nitrogen and oxygen atoms in total. The quantitative estimate of drug-likeness (QED) is 0.910. The first-order valence-corrected chi connectivity index (χ1v) is 6.88. The average molecular weight is 278 g/mol. The summed E-state index contributed by atoms with van der Waals surface area (Å²) in [5.74, 6) is 1.11. The van der Waals surface area contributed by atoms with E-state index in [9.17, 15) is 0 Å². The number of hydrogen-bond acceptors (Lipinski definition) is 6. The smallest absolute Gasteiger partial charge is 0.198 e. The van der Waals surface area contributed by atoms with E-state index in [0.717, 1.165) is 10.7 Å². The SMILES string of the molecule is CC(C)Oc1c(N)nsc1N(C)Cc1ccccn1. The van der Waals surface area contributed by atoms with Crippen LogP contribution in [0.5, 0.6) is 5.75 Å². The molecule has 0 amide bonds. The molecule has 0 saturated heterocycles. The Labute approximate surface area is 117 Å². The van der Waals surface area contributed by atoms with E-state index >= 15 is 0 Å². The minimum Gasteiger partial charge on any atom is -0.484 e. The highest BCUT2D eigenvalue weighted by atomic mass is 32.1. The van der Waals surface area contributed by atoms with Crippen LogP contribution in [0.4, 0.5) is 10.8 Å². The van der Waals surface area contributed by atoms with Crippen LogP contribution in [0.25, 0.3) is 0 Å². The molecule has 0 saturated carbocycles. The summed E-state index contributed by atoms with van der Waals surface area (Å²) in [5.41, 5.74) is 6.85. The van der Waals surface area contributed by atoms with Crippen LogP contribution in [0.15, 0.2) is 24.4 Å². The Morgan fingerprint density at radius 3 is 2.84 bits per heavy atom. The lowest BCUT2D eigenvalue weighted by Gasteiger charge is -2.19. The fourth-order valence-electron chi connectivity index (χ4n) is 1.68. The predicted molar refractivity (Wildman–Crippen MR) is 78.6 cm³/mol. The van der Waals surface area contributed by atoms with Gasteiger partial charge in [-0.1, -0.05) is 6.07 Å². The number of nitrogen functional groups attached to an aromatic ring is 1. The van der Waals surface area contributed by atoms with Gasteiger partial charge in [-0.25, -0.2) is 0 Å². The van der Waals surface area contributed by atoms with E-state index < -0.39 is 0 Å². The topological polar surface area (TPSA) is 64.3 Å². The van der Waals surface area contributed by atoms with E-state index in [4.69, 9.17) is 10.5 Å². The summed E-state index contributed by atoms with van der Waals surface area (Å²) in [5, 5.41) is 0.928. The van der Waals surface area contributed by atoms with Gasteiger partial charge in [0, 0.05) is 13.2 Å². The third-order valence-corrected chi connectivity index (χ3v) is 3.44. The Hall–Kier alpha value is -1.82. The van der Waals surface area contributed by atoms with Crippen LogP contribution in [0, 0.1) is 0 Å². The molecule has 2 aromatic rings. The number of aromatic nitrogens is 2. The molecule has 2 rings (SSSR count). The van der Waals surface area contributed by atoms with Crippen molar-refractivity contribution in [2.24, 2.45) is 0 Å². The maximum Gasteiger partial charge on any atom is 0.198 e. The average Bonchev–Trinajstić information content (AvgIpc) is 2.72. The highest BCUT2D eigenvalue weighted by Gasteiger charge is 2.18. The first kappa shape index (κ1) is 13.6. The molecule has 0 aliphatic heterocycles. The number of nitrogens with zero attached hydrogens (tertiary/aromatic N) is 3. The molecule has 0 fully saturated rings. The standard InChI is InChI=1S/C13H18N4OS/c1-9(2)18-11-12(14)16-19-13(11)17(3)8-10-6-4-5-7-15-10/h4-7,9H,8H2,1-3H3,(H2,14,16). The second kappa shape index (κ2) is 5.88. The Bertz CT molecular complexity index is 527. The maximum atomic E-state index is 5.85. The summed E-state index contributed by atoms with van der Waals surface area (Å²) in [4.78, 5) is 6.36. The van der Waals surface area contributed by atoms with Gasteiger partial charge in [0.15, 0.2) is 16.6 Å². The molecule has 2 N–H and O–H groups in total. The fourth-order valence-corrected chi connectivity index (χ4v) is 2.39. The van der Waals surface area contributed by atoms with Gasteiger partial charge in [-0.3, -0.25) is 4.98 Å². The van der Waals surface area contributed by atoms with E-state index in [2.05, 4.69) is 9.36 Å². The van der Waals surface area contributed by atoms with Gasteiger partial charge in [0.2, 0.25) is 0 Å². The van der Waals surface area contributed by atoms with Crippen molar-refractivity contribution in [2.45, 2.75) is 26.5 Å². The molecule has 2 aromatic heterocycles. The second-order valence-electron chi connectivity index (χ2n) is 4.55. The highest BCUT2D eigenvalue weighted by molar-refractivity contribution is 7.11. The maximum absolute atomic E-state index is 5.85. The van der Waals surface area contributed by atoms with Gasteiger partial charge >= 0.3 is 0 Å². The van der Waals surface area contributed by atoms with Gasteiger partial charge in [0.1, 0.15) is 0 Å². The third-order valence-electron chi connectivity index (χ3n) is 2.48. The molecule has 0 aromatic carbocycles. The van der Waals surface area contributed by atoms with Crippen molar-refractivity contribution in [3.63, 3.8) is 0 Å². The number of hydrogen-bond donors (Lipinski definition) is 1. The summed E-state index contributed by atoms with van der Waals surface area (Å²) >= 11 is 1.34. The van der Waals surface area contributed by atoms with Gasteiger partial charge < -0.3 is 15.4 Å². The van der Waals surface area contributed by atoms with Crippen molar-refractivity contribution in [2.75, 3.05) is 17.7 Å². The van der Waals surface area contributed by atoms with E-state index in [0.29, 0.717) is 18.1 Å². The fraction of sp³-hybridized carbons (Fsp3) is 0.385. The van der Waals surface area contributed by atoms with Crippen LogP contribution in [0.3, 0.4) is 0 Å². The van der Waals surface area contributed by atoms with Crippen LogP contribution in [0.1, 0.15) is 19.5 Å². The molecular formula is C13H18N4OS. The van der Waals surface area contributed by atoms with Crippen molar-refractivity contribution in [1.29, 1.82) is 0 Å². The third kappa shape index (κ3) is 3.35. The van der Waals surface area contributed by atoms with Crippen molar-refractivity contribution in [3.8, 4) is 5.75 Å². The molecule has 102 valence electrons. The lowest BCUT2D eigenvalue weighted by Crippen LogP contribution is -2.18. The van der Waals surface area contributed by atoms with E-state index in [1.54, 1.807) is 6.20 Å². The van der Waals surface area contributed by atoms with Crippen LogP contribution in [-0.2, 0) is 6.54 Å². The van der Waals surface area contributed by atoms with Gasteiger partial charge in [0.05, 0.1) is 18.3 Å². The molecule has 0 aliphatic carbocycles. The van der Waals surface area contributed by atoms with Gasteiger partial charge in [0.25, 0.3) is 0 Å². The van der Waals surface area contributed by atoms with E-state index in [1.807, 2.05) is 44.0 Å². The first-order valence-electron chi connectivity index (χ1n) is 6.10. The number of nitrogens with two attached hydrogens (primary N) is 1. The molecule has 0 atom stereocenters. The van der Waals surface area contributed by atoms with Crippen molar-refractivity contribution in [3.05, 3.63) is 30.1 Å². The van der Waals surface area contributed by atoms with E-state index in [-0.39, 0.29) is 6.10 Å². The van der Waals surface area contributed by atoms with Crippen molar-refractivity contribution in [1.82, 2.24) is 9.36 Å². The number of rotatable bonds is 5. The summed E-state index contributed by atoms with van der Waals surface area (Å²) in [6, 6.07) is 5.87. The van der Waals surface area contributed by atoms with Gasteiger partial charge in [-0.15, -0.1) is 0 Å². The molecule has 19 heavy (non-hydrogen) atoms. The summed E-state index contributed by atoms with van der Waals surface area (Å²) in [6.07, 6.45) is 1.86. The zero-order valence-electron chi connectivity index (χ0n) is 11.3. The minimum absolute atomic E-state index is 0.0701. The van der Waals surface area contributed by atoms with Crippen LogP contribution >= 0.6 is 11.5 Å². The molecule has 0 unspecified atom stereocenters. The van der Waals surface area contributed by atoms with Crippen molar-refractivity contribution >= 4 is 22.4 Å². The molecule has 2 heterocycles. The lowest BCUT2D eigenvalue weighted by atomic mass is 10.3. The van der Waals surface area contributed by atoms with Crippen molar-refractivity contribution < 1.29 is 4.74 Å². The largest absolute Gasteiger partial charge is 0.484 e. The Balaban J connectivity index is 2.17. The summed E-state index contributed by atoms with van der Waals surface area (Å²) in [7, 11) is 1.98. The molecule has 0 spiro atoms. The molecule has 6 heteroatoms. The highest BCUT2D eigenvalue weighted by Crippen LogP contribution is 2.38. The number of anilines is 2. The number of pyridine rings is 1. The van der Waals surface area contributed by atoms with Crippen LogP contribution in [0.2, 0.25) is 0 Å². The predicted octanol–water partition coefficient (Wildman–Crippen LogP) is 2.54. The monoisotopic (exact) mass is 278 g/mol. The summed E-state index contributed by atoms with van der Waals surface area (Å²) < 4.78 is 9.90. The second-order valence-corrected chi connectivity index (χ2v) is 5.30. The molecule has 0 radical (unpaired) electrons. The van der Waals surface area contributed by atoms with Gasteiger partial charge in [-0.2, -0.15) is 4.37 Å². The van der Waals surface area contributed by atoms with Crippen LogP contribution < -0.4 is 15.4 Å². The van der Waals surface area contributed by atoms with E-state index in [1.165, 1.54) is 11.5 Å². The Kier molecular flexibility index (Phi) is 4.21. The minimum atomic E-state index is 0.0701. The Morgan fingerprint density at radius 1 is 1.42 bits per heavy atom. The van der Waals surface area contributed by atoms with Crippen LogP contribution in [-0.4, -0.2) is 22.5 Å². The normalized spacial score (nSPS) is 10.7. The molecular weight excluding hydrogens is 260 g/mol. The summed E-state index contributed by atoms with van der Waals surface area (Å²) in [6.45, 7) is 4.64. The Morgan fingerprint density at radius 2 is 2.21 bits per heavy atom. The first-order chi connectivity index (χ1) is 9.08.